The number of nitrogens with one attached hydrogen (secondary N) is 1. The highest BCUT2D eigenvalue weighted by atomic mass is 79.9. The monoisotopic (exact) mass is 519 g/mol. The molecule has 0 saturated carbocycles. The molecule has 0 radical (unpaired) electrons. The number of halogens is 2. The molecule has 1 amide bonds. The molecule has 3 aromatic rings. The Morgan fingerprint density at radius 3 is 2.72 bits per heavy atom. The molecule has 9 heteroatoms. The summed E-state index contributed by atoms with van der Waals surface area (Å²) >= 11 is 6.71. The summed E-state index contributed by atoms with van der Waals surface area (Å²) in [6.45, 7) is -0.195. The molecule has 0 spiro atoms. The van der Waals surface area contributed by atoms with Gasteiger partial charge in [-0.25, -0.2) is 10.2 Å². The molecule has 0 bridgehead atoms. The summed E-state index contributed by atoms with van der Waals surface area (Å²) in [5, 5.41) is 13.1. The van der Waals surface area contributed by atoms with Crippen molar-refractivity contribution in [1.29, 1.82) is 0 Å². The van der Waals surface area contributed by atoms with E-state index in [1.807, 2.05) is 12.1 Å². The number of ether oxygens (including phenoxy) is 1. The maximum Gasteiger partial charge on any atom is 0.335 e. The van der Waals surface area contributed by atoms with Crippen LogP contribution >= 0.6 is 31.9 Å². The first-order valence-electron chi connectivity index (χ1n) is 8.35. The van der Waals surface area contributed by atoms with Gasteiger partial charge in [0, 0.05) is 16.4 Å². The first-order chi connectivity index (χ1) is 13.9. The van der Waals surface area contributed by atoms with Crippen LogP contribution in [0.3, 0.4) is 0 Å². The van der Waals surface area contributed by atoms with Crippen LogP contribution < -0.4 is 10.2 Å². The second kappa shape index (κ2) is 9.53. The Morgan fingerprint density at radius 2 is 1.97 bits per heavy atom. The average molecular weight is 521 g/mol. The van der Waals surface area contributed by atoms with E-state index in [1.165, 1.54) is 12.3 Å². The largest absolute Gasteiger partial charge is 0.483 e. The van der Waals surface area contributed by atoms with Crippen molar-refractivity contribution in [3.8, 4) is 11.4 Å². The van der Waals surface area contributed by atoms with Gasteiger partial charge in [0.15, 0.2) is 6.61 Å². The van der Waals surface area contributed by atoms with Gasteiger partial charge in [-0.05, 0) is 64.5 Å². The van der Waals surface area contributed by atoms with E-state index in [0.29, 0.717) is 17.1 Å². The van der Waals surface area contributed by atoms with Crippen molar-refractivity contribution in [2.75, 3.05) is 6.61 Å². The average Bonchev–Trinajstić information content (AvgIpc) is 3.16. The Balaban J connectivity index is 1.61. The molecule has 29 heavy (non-hydrogen) atoms. The van der Waals surface area contributed by atoms with E-state index in [4.69, 9.17) is 9.84 Å². The maximum absolute atomic E-state index is 12.0. The maximum atomic E-state index is 12.0. The molecular formula is C20H15Br2N3O4. The van der Waals surface area contributed by atoms with E-state index in [-0.39, 0.29) is 12.2 Å². The van der Waals surface area contributed by atoms with Gasteiger partial charge in [-0.2, -0.15) is 5.10 Å². The van der Waals surface area contributed by atoms with E-state index in [2.05, 4.69) is 42.4 Å². The zero-order valence-electron chi connectivity index (χ0n) is 14.9. The predicted molar refractivity (Wildman–Crippen MR) is 116 cm³/mol. The second-order valence-corrected chi connectivity index (χ2v) is 7.59. The van der Waals surface area contributed by atoms with Gasteiger partial charge in [-0.1, -0.05) is 22.0 Å². The number of carboxylic acid groups (broad SMARTS) is 1. The number of amides is 1. The van der Waals surface area contributed by atoms with Gasteiger partial charge < -0.3 is 14.4 Å². The van der Waals surface area contributed by atoms with Crippen molar-refractivity contribution in [2.24, 2.45) is 5.10 Å². The summed E-state index contributed by atoms with van der Waals surface area (Å²) in [4.78, 5) is 23.1. The normalized spacial score (nSPS) is 10.8. The Labute approximate surface area is 183 Å². The summed E-state index contributed by atoms with van der Waals surface area (Å²) in [5.74, 6) is -0.875. The second-order valence-electron chi connectivity index (χ2n) is 5.82. The van der Waals surface area contributed by atoms with Crippen LogP contribution in [0.1, 0.15) is 16.1 Å². The summed E-state index contributed by atoms with van der Waals surface area (Å²) in [6.07, 6.45) is 3.25. The van der Waals surface area contributed by atoms with Gasteiger partial charge in [0.05, 0.1) is 21.9 Å². The van der Waals surface area contributed by atoms with Crippen molar-refractivity contribution >= 4 is 50.0 Å². The molecule has 2 N–H and O–H groups in total. The number of hydrogen-bond donors (Lipinski definition) is 2. The number of aromatic nitrogens is 1. The van der Waals surface area contributed by atoms with Crippen LogP contribution in [0.4, 0.5) is 0 Å². The van der Waals surface area contributed by atoms with Crippen molar-refractivity contribution in [2.45, 2.75) is 0 Å². The highest BCUT2D eigenvalue weighted by Gasteiger charge is 2.08. The molecule has 148 valence electrons. The molecule has 1 heterocycles. The molecule has 0 aliphatic rings. The number of nitrogens with zero attached hydrogens (tertiary/aromatic N) is 2. The first-order valence-corrected chi connectivity index (χ1v) is 9.93. The van der Waals surface area contributed by atoms with Crippen LogP contribution in [-0.2, 0) is 4.79 Å². The minimum Gasteiger partial charge on any atom is -0.483 e. The predicted octanol–water partition coefficient (Wildman–Crippen LogP) is 4.23. The zero-order chi connectivity index (χ0) is 20.8. The third-order valence-electron chi connectivity index (χ3n) is 3.79. The molecule has 0 saturated heterocycles. The van der Waals surface area contributed by atoms with Gasteiger partial charge in [0.25, 0.3) is 5.91 Å². The number of carbonyl (C=O) groups excluding carboxylic acids is 1. The lowest BCUT2D eigenvalue weighted by atomic mass is 10.2. The van der Waals surface area contributed by atoms with Gasteiger partial charge in [0.2, 0.25) is 0 Å². The van der Waals surface area contributed by atoms with Crippen LogP contribution in [0.2, 0.25) is 0 Å². The SMILES string of the molecule is O=C(COc1ccc(Br)cc1Br)NN=Cc1cccn1-c1cccc(C(=O)O)c1. The molecule has 0 unspecified atom stereocenters. The summed E-state index contributed by atoms with van der Waals surface area (Å²) in [5.41, 5.74) is 3.93. The molecule has 7 nitrogen and oxygen atoms in total. The number of hydrazone groups is 1. The third kappa shape index (κ3) is 5.55. The van der Waals surface area contributed by atoms with E-state index in [1.54, 1.807) is 47.2 Å². The topological polar surface area (TPSA) is 92.9 Å². The Hall–Kier alpha value is -2.91. The number of benzene rings is 2. The van der Waals surface area contributed by atoms with Crippen LogP contribution in [0.5, 0.6) is 5.75 Å². The van der Waals surface area contributed by atoms with E-state index >= 15 is 0 Å². The van der Waals surface area contributed by atoms with Crippen LogP contribution in [0, 0.1) is 0 Å². The van der Waals surface area contributed by atoms with Gasteiger partial charge in [-0.15, -0.1) is 0 Å². The lowest BCUT2D eigenvalue weighted by Crippen LogP contribution is -2.24. The standard InChI is InChI=1S/C20H15Br2N3O4/c21-14-6-7-18(17(22)10-14)29-12-19(26)24-23-11-16-5-2-8-25(16)15-4-1-3-13(9-15)20(27)28/h1-11H,12H2,(H,24,26)(H,27,28). The molecule has 0 atom stereocenters. The highest BCUT2D eigenvalue weighted by molar-refractivity contribution is 9.11. The van der Waals surface area contributed by atoms with E-state index in [9.17, 15) is 9.59 Å². The van der Waals surface area contributed by atoms with Crippen LogP contribution in [-0.4, -0.2) is 34.4 Å². The minimum atomic E-state index is -1.00. The lowest BCUT2D eigenvalue weighted by molar-refractivity contribution is -0.123. The number of rotatable bonds is 7. The Morgan fingerprint density at radius 1 is 1.14 bits per heavy atom. The molecule has 0 aliphatic carbocycles. The van der Waals surface area contributed by atoms with Crippen molar-refractivity contribution in [3.63, 3.8) is 0 Å². The summed E-state index contributed by atoms with van der Waals surface area (Å²) in [7, 11) is 0. The fraction of sp³-hybridized carbons (Fsp3) is 0.0500. The van der Waals surface area contributed by atoms with Gasteiger partial charge >= 0.3 is 5.97 Å². The fourth-order valence-corrected chi connectivity index (χ4v) is 3.62. The Kier molecular flexibility index (Phi) is 6.84. The minimum absolute atomic E-state index is 0.184. The van der Waals surface area contributed by atoms with Gasteiger partial charge in [0.1, 0.15) is 5.75 Å². The number of carbonyl (C=O) groups is 2. The third-order valence-corrected chi connectivity index (χ3v) is 4.90. The number of hydrogen-bond acceptors (Lipinski definition) is 4. The van der Waals surface area contributed by atoms with Crippen molar-refractivity contribution in [1.82, 2.24) is 9.99 Å². The van der Waals surface area contributed by atoms with Gasteiger partial charge in [-0.3, -0.25) is 4.79 Å². The van der Waals surface area contributed by atoms with E-state index in [0.717, 1.165) is 8.95 Å². The number of carboxylic acids is 1. The Bertz CT molecular complexity index is 1080. The molecule has 0 aliphatic heterocycles. The first kappa shape index (κ1) is 20.8. The molecule has 3 rings (SSSR count). The van der Waals surface area contributed by atoms with Crippen LogP contribution in [0.15, 0.2) is 74.8 Å². The number of aromatic carboxylic acids is 1. The highest BCUT2D eigenvalue weighted by Crippen LogP contribution is 2.28. The smallest absolute Gasteiger partial charge is 0.335 e. The molecule has 2 aromatic carbocycles. The fourth-order valence-electron chi connectivity index (χ4n) is 2.46. The molecular weight excluding hydrogens is 506 g/mol. The van der Waals surface area contributed by atoms with Crippen LogP contribution in [0.25, 0.3) is 5.69 Å². The lowest BCUT2D eigenvalue weighted by Gasteiger charge is -2.08. The van der Waals surface area contributed by atoms with Crippen molar-refractivity contribution < 1.29 is 19.4 Å². The zero-order valence-corrected chi connectivity index (χ0v) is 18.1. The molecule has 0 fully saturated rings. The van der Waals surface area contributed by atoms with E-state index < -0.39 is 11.9 Å². The summed E-state index contributed by atoms with van der Waals surface area (Å²) < 4.78 is 8.83. The quantitative estimate of drug-likeness (QED) is 0.360. The summed E-state index contributed by atoms with van der Waals surface area (Å²) in [6, 6.07) is 15.5. The molecule has 1 aromatic heterocycles. The van der Waals surface area contributed by atoms with Crippen molar-refractivity contribution in [3.05, 3.63) is 81.0 Å².